The van der Waals surface area contributed by atoms with E-state index >= 15 is 0 Å². The summed E-state index contributed by atoms with van der Waals surface area (Å²) in [5.74, 6) is -0.624. The molecule has 0 heterocycles. The number of nitrogens with two attached hydrogens (primary N) is 1. The van der Waals surface area contributed by atoms with Gasteiger partial charge in [0, 0.05) is 26.4 Å². The summed E-state index contributed by atoms with van der Waals surface area (Å²) < 4.78 is 0. The van der Waals surface area contributed by atoms with E-state index in [2.05, 4.69) is 10.6 Å². The van der Waals surface area contributed by atoms with Gasteiger partial charge in [0.2, 0.25) is 11.8 Å². The molecule has 6 nitrogen and oxygen atoms in total. The van der Waals surface area contributed by atoms with Crippen molar-refractivity contribution in [3.05, 3.63) is 48.0 Å². The summed E-state index contributed by atoms with van der Waals surface area (Å²) in [7, 11) is 0. The van der Waals surface area contributed by atoms with Gasteiger partial charge in [-0.1, -0.05) is 42.5 Å². The number of amides is 2. The number of benzene rings is 2. The molecule has 0 aliphatic rings. The fourth-order valence-electron chi connectivity index (χ4n) is 2.48. The monoisotopic (exact) mass is 329 g/mol. The first kappa shape index (κ1) is 17.9. The van der Waals surface area contributed by atoms with Crippen LogP contribution in [0.25, 0.3) is 10.8 Å². The van der Waals surface area contributed by atoms with Crippen molar-refractivity contribution in [2.75, 3.05) is 13.1 Å². The molecule has 2 aromatic carbocycles. The number of aliphatic hydroxyl groups excluding tert-OH is 1. The van der Waals surface area contributed by atoms with Crippen LogP contribution in [0.1, 0.15) is 12.5 Å². The second-order valence-corrected chi connectivity index (χ2v) is 5.77. The first-order chi connectivity index (χ1) is 11.5. The topological polar surface area (TPSA) is 104 Å². The lowest BCUT2D eigenvalue weighted by atomic mass is 10.0. The van der Waals surface area contributed by atoms with Crippen LogP contribution in [-0.2, 0) is 16.0 Å². The number of carbonyl (C=O) groups is 2. The summed E-state index contributed by atoms with van der Waals surface area (Å²) in [6.45, 7) is 1.49. The fraction of sp³-hybridized carbons (Fsp3) is 0.333. The molecule has 0 fully saturated rings. The van der Waals surface area contributed by atoms with Crippen molar-refractivity contribution < 1.29 is 14.7 Å². The van der Waals surface area contributed by atoms with Crippen LogP contribution in [0, 0.1) is 0 Å². The molecule has 0 aromatic heterocycles. The Morgan fingerprint density at radius 1 is 1.17 bits per heavy atom. The number of fused-ring (bicyclic) bond motifs is 1. The van der Waals surface area contributed by atoms with E-state index in [0.29, 0.717) is 6.42 Å². The van der Waals surface area contributed by atoms with Crippen molar-refractivity contribution in [2.24, 2.45) is 5.73 Å². The molecule has 2 aromatic rings. The van der Waals surface area contributed by atoms with Crippen LogP contribution < -0.4 is 16.4 Å². The number of hydrogen-bond donors (Lipinski definition) is 4. The van der Waals surface area contributed by atoms with Crippen LogP contribution in [0.2, 0.25) is 0 Å². The van der Waals surface area contributed by atoms with Crippen molar-refractivity contribution in [3.63, 3.8) is 0 Å². The average molecular weight is 329 g/mol. The highest BCUT2D eigenvalue weighted by Crippen LogP contribution is 2.16. The van der Waals surface area contributed by atoms with E-state index in [4.69, 9.17) is 5.73 Å². The molecule has 0 saturated heterocycles. The van der Waals surface area contributed by atoms with Gasteiger partial charge in [0.25, 0.3) is 0 Å². The third kappa shape index (κ3) is 5.04. The molecule has 0 bridgehead atoms. The van der Waals surface area contributed by atoms with Gasteiger partial charge in [-0.3, -0.25) is 9.59 Å². The maximum atomic E-state index is 12.3. The first-order valence-electron chi connectivity index (χ1n) is 7.90. The average Bonchev–Trinajstić information content (AvgIpc) is 2.58. The molecule has 2 rings (SSSR count). The van der Waals surface area contributed by atoms with E-state index in [1.165, 1.54) is 6.92 Å². The lowest BCUT2D eigenvalue weighted by Gasteiger charge is -2.19. The summed E-state index contributed by atoms with van der Waals surface area (Å²) >= 11 is 0. The Kier molecular flexibility index (Phi) is 6.28. The largest absolute Gasteiger partial charge is 0.390 e. The maximum absolute atomic E-state index is 12.3. The molecule has 128 valence electrons. The second kappa shape index (κ2) is 8.42. The SMILES string of the molecule is CC(=O)N[C@H](Cc1ccc2ccccc2c1)C(=O)NCC(O)CN. The van der Waals surface area contributed by atoms with Gasteiger partial charge in [0.15, 0.2) is 0 Å². The normalized spacial score (nSPS) is 13.3. The zero-order chi connectivity index (χ0) is 17.5. The standard InChI is InChI=1S/C18H23N3O3/c1-12(22)21-17(18(24)20-11-16(23)10-19)9-13-6-7-14-4-2-3-5-15(14)8-13/h2-8,16-17,23H,9-11,19H2,1H3,(H,20,24)(H,21,22)/t16?,17-/m1/s1. The molecule has 0 aliphatic carbocycles. The van der Waals surface area contributed by atoms with Crippen molar-refractivity contribution in [2.45, 2.75) is 25.5 Å². The van der Waals surface area contributed by atoms with Gasteiger partial charge in [-0.05, 0) is 16.3 Å². The van der Waals surface area contributed by atoms with E-state index in [1.54, 1.807) is 0 Å². The van der Waals surface area contributed by atoms with Gasteiger partial charge in [0.1, 0.15) is 6.04 Å². The predicted octanol–water partition coefficient (Wildman–Crippen LogP) is 0.323. The Labute approximate surface area is 141 Å². The smallest absolute Gasteiger partial charge is 0.243 e. The van der Waals surface area contributed by atoms with E-state index in [1.807, 2.05) is 42.5 Å². The van der Waals surface area contributed by atoms with Gasteiger partial charge in [-0.25, -0.2) is 0 Å². The molecule has 6 heteroatoms. The Bertz CT molecular complexity index is 717. The van der Waals surface area contributed by atoms with Crippen LogP contribution in [0.15, 0.2) is 42.5 Å². The number of aliphatic hydroxyl groups is 1. The highest BCUT2D eigenvalue weighted by molar-refractivity contribution is 5.87. The number of rotatable bonds is 7. The van der Waals surface area contributed by atoms with Gasteiger partial charge in [0.05, 0.1) is 6.10 Å². The molecule has 0 aliphatic heterocycles. The molecule has 1 unspecified atom stereocenters. The number of hydrogen-bond acceptors (Lipinski definition) is 4. The molecular weight excluding hydrogens is 306 g/mol. The van der Waals surface area contributed by atoms with Crippen molar-refractivity contribution >= 4 is 22.6 Å². The van der Waals surface area contributed by atoms with Crippen molar-refractivity contribution in [1.29, 1.82) is 0 Å². The summed E-state index contributed by atoms with van der Waals surface area (Å²) in [5.41, 5.74) is 6.27. The highest BCUT2D eigenvalue weighted by Gasteiger charge is 2.20. The molecule has 5 N–H and O–H groups in total. The third-order valence-corrected chi connectivity index (χ3v) is 3.73. The summed E-state index contributed by atoms with van der Waals surface area (Å²) in [4.78, 5) is 23.7. The minimum absolute atomic E-state index is 0.0587. The van der Waals surface area contributed by atoms with E-state index < -0.39 is 12.1 Å². The molecular formula is C18H23N3O3. The van der Waals surface area contributed by atoms with Gasteiger partial charge < -0.3 is 21.5 Å². The predicted molar refractivity (Wildman–Crippen MR) is 93.3 cm³/mol. The van der Waals surface area contributed by atoms with Crippen molar-refractivity contribution in [3.8, 4) is 0 Å². The third-order valence-electron chi connectivity index (χ3n) is 3.73. The zero-order valence-electron chi connectivity index (χ0n) is 13.7. The molecule has 2 atom stereocenters. The molecule has 0 saturated carbocycles. The van der Waals surface area contributed by atoms with E-state index in [9.17, 15) is 14.7 Å². The van der Waals surface area contributed by atoms with E-state index in [-0.39, 0.29) is 24.9 Å². The summed E-state index contributed by atoms with van der Waals surface area (Å²) in [6, 6.07) is 13.2. The second-order valence-electron chi connectivity index (χ2n) is 5.77. The number of nitrogens with one attached hydrogen (secondary N) is 2. The molecule has 24 heavy (non-hydrogen) atoms. The number of carbonyl (C=O) groups excluding carboxylic acids is 2. The van der Waals surface area contributed by atoms with Gasteiger partial charge >= 0.3 is 0 Å². The minimum Gasteiger partial charge on any atom is -0.390 e. The van der Waals surface area contributed by atoms with Crippen LogP contribution in [-0.4, -0.2) is 42.2 Å². The van der Waals surface area contributed by atoms with Crippen LogP contribution in [0.4, 0.5) is 0 Å². The Balaban J connectivity index is 2.11. The minimum atomic E-state index is -0.799. The van der Waals surface area contributed by atoms with Crippen LogP contribution in [0.5, 0.6) is 0 Å². The molecule has 0 radical (unpaired) electrons. The quantitative estimate of drug-likeness (QED) is 0.587. The zero-order valence-corrected chi connectivity index (χ0v) is 13.7. The fourth-order valence-corrected chi connectivity index (χ4v) is 2.48. The Morgan fingerprint density at radius 3 is 2.54 bits per heavy atom. The summed E-state index contributed by atoms with van der Waals surface area (Å²) in [5, 5.41) is 16.9. The van der Waals surface area contributed by atoms with Crippen molar-refractivity contribution in [1.82, 2.24) is 10.6 Å². The van der Waals surface area contributed by atoms with Gasteiger partial charge in [-0.2, -0.15) is 0 Å². The Hall–Kier alpha value is -2.44. The van der Waals surface area contributed by atoms with Gasteiger partial charge in [-0.15, -0.1) is 0 Å². The van der Waals surface area contributed by atoms with Crippen LogP contribution in [0.3, 0.4) is 0 Å². The maximum Gasteiger partial charge on any atom is 0.243 e. The Morgan fingerprint density at radius 2 is 1.88 bits per heavy atom. The first-order valence-corrected chi connectivity index (χ1v) is 7.90. The molecule has 0 spiro atoms. The lowest BCUT2D eigenvalue weighted by Crippen LogP contribution is -2.49. The van der Waals surface area contributed by atoms with Crippen LogP contribution >= 0.6 is 0 Å². The molecule has 2 amide bonds. The highest BCUT2D eigenvalue weighted by atomic mass is 16.3. The lowest BCUT2D eigenvalue weighted by molar-refractivity contribution is -0.128. The summed E-state index contributed by atoms with van der Waals surface area (Å²) in [6.07, 6.45) is -0.429. The van der Waals surface area contributed by atoms with E-state index in [0.717, 1.165) is 16.3 Å².